The van der Waals surface area contributed by atoms with E-state index in [2.05, 4.69) is 14.9 Å². The highest BCUT2D eigenvalue weighted by Crippen LogP contribution is 2.28. The van der Waals surface area contributed by atoms with Gasteiger partial charge in [-0.15, -0.1) is 0 Å². The molecule has 0 saturated carbocycles. The topological polar surface area (TPSA) is 101 Å². The molecule has 9 heteroatoms. The number of anilines is 2. The van der Waals surface area contributed by atoms with Crippen molar-refractivity contribution in [2.24, 2.45) is 0 Å². The van der Waals surface area contributed by atoms with E-state index in [9.17, 15) is 12.8 Å². The van der Waals surface area contributed by atoms with Crippen LogP contribution in [0.25, 0.3) is 0 Å². The minimum Gasteiger partial charge on any atom is -0.399 e. The number of nitrogens with one attached hydrogen (secondary N) is 2. The number of nitrogen functional groups attached to an aromatic ring is 1. The Bertz CT molecular complexity index is 753. The first-order valence-electron chi connectivity index (χ1n) is 5.51. The maximum Gasteiger partial charge on any atom is 0.265 e. The van der Waals surface area contributed by atoms with E-state index in [1.807, 2.05) is 0 Å². The molecule has 0 saturated heterocycles. The Labute approximate surface area is 120 Å². The number of rotatable bonds is 3. The first-order valence-corrected chi connectivity index (χ1v) is 7.37. The number of nitrogens with two attached hydrogens (primary N) is 1. The lowest BCUT2D eigenvalue weighted by Crippen LogP contribution is -2.16. The normalized spacial score (nSPS) is 11.6. The molecule has 0 unspecified atom stereocenters. The van der Waals surface area contributed by atoms with E-state index in [1.165, 1.54) is 0 Å². The largest absolute Gasteiger partial charge is 0.399 e. The van der Waals surface area contributed by atoms with Crippen molar-refractivity contribution in [3.05, 3.63) is 34.4 Å². The summed E-state index contributed by atoms with van der Waals surface area (Å²) < 4.78 is 40.6. The Morgan fingerprint density at radius 3 is 2.60 bits per heavy atom. The van der Waals surface area contributed by atoms with Gasteiger partial charge in [-0.2, -0.15) is 5.10 Å². The van der Waals surface area contributed by atoms with E-state index in [1.54, 1.807) is 13.8 Å². The van der Waals surface area contributed by atoms with Crippen molar-refractivity contribution >= 4 is 33.0 Å². The SMILES string of the molecule is Cc1n[nH]c(C)c1NS(=O)(=O)c1cc(N)cc(Cl)c1F. The van der Waals surface area contributed by atoms with Crippen LogP contribution < -0.4 is 10.5 Å². The Hall–Kier alpha value is -1.80. The second-order valence-corrected chi connectivity index (χ2v) is 6.29. The molecule has 6 nitrogen and oxygen atoms in total. The predicted octanol–water partition coefficient (Wildman–Crippen LogP) is 2.20. The van der Waals surface area contributed by atoms with E-state index in [-0.39, 0.29) is 16.4 Å². The van der Waals surface area contributed by atoms with Crippen LogP contribution in [-0.2, 0) is 10.0 Å². The van der Waals surface area contributed by atoms with E-state index >= 15 is 0 Å². The number of aromatic nitrogens is 2. The Morgan fingerprint density at radius 2 is 2.05 bits per heavy atom. The third kappa shape index (κ3) is 2.56. The van der Waals surface area contributed by atoms with Crippen LogP contribution in [0.2, 0.25) is 5.02 Å². The van der Waals surface area contributed by atoms with E-state index in [0.717, 1.165) is 12.1 Å². The van der Waals surface area contributed by atoms with Gasteiger partial charge in [-0.05, 0) is 26.0 Å². The van der Waals surface area contributed by atoms with Gasteiger partial charge in [0.1, 0.15) is 4.90 Å². The van der Waals surface area contributed by atoms with Crippen LogP contribution in [0.1, 0.15) is 11.4 Å². The lowest BCUT2D eigenvalue weighted by atomic mass is 10.3. The minimum absolute atomic E-state index is 0.0532. The van der Waals surface area contributed by atoms with Crippen LogP contribution >= 0.6 is 11.6 Å². The molecule has 0 radical (unpaired) electrons. The number of sulfonamides is 1. The van der Waals surface area contributed by atoms with Gasteiger partial charge < -0.3 is 5.73 Å². The summed E-state index contributed by atoms with van der Waals surface area (Å²) in [7, 11) is -4.15. The van der Waals surface area contributed by atoms with E-state index in [4.69, 9.17) is 17.3 Å². The van der Waals surface area contributed by atoms with Crippen molar-refractivity contribution < 1.29 is 12.8 Å². The first-order chi connectivity index (χ1) is 9.22. The molecular formula is C11H12ClFN4O2S. The Balaban J connectivity index is 2.52. The third-order valence-corrected chi connectivity index (χ3v) is 4.30. The standard InChI is InChI=1S/C11H12ClFN4O2S/c1-5-11(6(2)16-15-5)17-20(18,19)9-4-7(14)3-8(12)10(9)13/h3-4,17H,14H2,1-2H3,(H,15,16). The number of hydrogen-bond donors (Lipinski definition) is 3. The number of aromatic amines is 1. The van der Waals surface area contributed by atoms with Gasteiger partial charge >= 0.3 is 0 Å². The second kappa shape index (κ2) is 4.95. The van der Waals surface area contributed by atoms with Crippen molar-refractivity contribution in [3.63, 3.8) is 0 Å². The lowest BCUT2D eigenvalue weighted by molar-refractivity contribution is 0.571. The predicted molar refractivity (Wildman–Crippen MR) is 74.7 cm³/mol. The summed E-state index contributed by atoms with van der Waals surface area (Å²) in [5.41, 5.74) is 6.78. The molecule has 1 aromatic heterocycles. The third-order valence-electron chi connectivity index (χ3n) is 2.67. The summed E-state index contributed by atoms with van der Waals surface area (Å²) in [6.45, 7) is 3.25. The summed E-state index contributed by atoms with van der Waals surface area (Å²) >= 11 is 5.60. The number of benzene rings is 1. The van der Waals surface area contributed by atoms with Gasteiger partial charge in [-0.25, -0.2) is 12.8 Å². The average Bonchev–Trinajstić information content (AvgIpc) is 2.65. The van der Waals surface area contributed by atoms with Crippen LogP contribution in [0.5, 0.6) is 0 Å². The molecule has 0 bridgehead atoms. The van der Waals surface area contributed by atoms with Crippen LogP contribution in [0.4, 0.5) is 15.8 Å². The number of H-pyrrole nitrogens is 1. The Kier molecular flexibility index (Phi) is 3.61. The fraction of sp³-hybridized carbons (Fsp3) is 0.182. The molecule has 0 fully saturated rings. The number of halogens is 2. The molecule has 0 aliphatic rings. The summed E-state index contributed by atoms with van der Waals surface area (Å²) in [5.74, 6) is -1.05. The molecular weight excluding hydrogens is 307 g/mol. The van der Waals surface area contributed by atoms with E-state index in [0.29, 0.717) is 11.4 Å². The summed E-state index contributed by atoms with van der Waals surface area (Å²) in [6, 6.07) is 2.15. The van der Waals surface area contributed by atoms with Crippen molar-refractivity contribution in [2.45, 2.75) is 18.7 Å². The summed E-state index contributed by atoms with van der Waals surface area (Å²) in [6.07, 6.45) is 0. The number of aryl methyl sites for hydroxylation is 2. The van der Waals surface area contributed by atoms with Crippen LogP contribution in [-0.4, -0.2) is 18.6 Å². The molecule has 1 aromatic carbocycles. The van der Waals surface area contributed by atoms with Gasteiger partial charge in [0, 0.05) is 5.69 Å². The highest BCUT2D eigenvalue weighted by atomic mass is 35.5. The molecule has 0 spiro atoms. The molecule has 0 atom stereocenters. The van der Waals surface area contributed by atoms with E-state index < -0.39 is 20.7 Å². The summed E-state index contributed by atoms with van der Waals surface area (Å²) in [5, 5.41) is 6.13. The minimum atomic E-state index is -4.15. The summed E-state index contributed by atoms with van der Waals surface area (Å²) in [4.78, 5) is -0.609. The average molecular weight is 319 g/mol. The zero-order valence-corrected chi connectivity index (χ0v) is 12.2. The fourth-order valence-electron chi connectivity index (χ4n) is 1.67. The smallest absolute Gasteiger partial charge is 0.265 e. The monoisotopic (exact) mass is 318 g/mol. The van der Waals surface area contributed by atoms with Crippen LogP contribution in [0, 0.1) is 19.7 Å². The van der Waals surface area contributed by atoms with Crippen molar-refractivity contribution in [2.75, 3.05) is 10.5 Å². The van der Waals surface area contributed by atoms with Gasteiger partial charge in [0.15, 0.2) is 5.82 Å². The first kappa shape index (κ1) is 14.6. The highest BCUT2D eigenvalue weighted by Gasteiger charge is 2.24. The molecule has 0 aliphatic carbocycles. The molecule has 0 amide bonds. The molecule has 2 aromatic rings. The zero-order valence-electron chi connectivity index (χ0n) is 10.7. The zero-order chi connectivity index (χ0) is 15.1. The molecule has 0 aliphatic heterocycles. The molecule has 1 heterocycles. The van der Waals surface area contributed by atoms with Gasteiger partial charge in [0.25, 0.3) is 10.0 Å². The maximum atomic E-state index is 13.9. The van der Waals surface area contributed by atoms with Crippen molar-refractivity contribution in [1.29, 1.82) is 0 Å². The molecule has 2 rings (SSSR count). The van der Waals surface area contributed by atoms with Crippen LogP contribution in [0.15, 0.2) is 17.0 Å². The fourth-order valence-corrected chi connectivity index (χ4v) is 3.27. The van der Waals surface area contributed by atoms with Gasteiger partial charge in [0.05, 0.1) is 22.1 Å². The molecule has 4 N–H and O–H groups in total. The lowest BCUT2D eigenvalue weighted by Gasteiger charge is -2.10. The number of nitrogens with zero attached hydrogens (tertiary/aromatic N) is 1. The second-order valence-electron chi connectivity index (χ2n) is 4.23. The van der Waals surface area contributed by atoms with Crippen molar-refractivity contribution in [3.8, 4) is 0 Å². The van der Waals surface area contributed by atoms with Crippen LogP contribution in [0.3, 0.4) is 0 Å². The quantitative estimate of drug-likeness (QED) is 0.755. The van der Waals surface area contributed by atoms with Gasteiger partial charge in [0.2, 0.25) is 0 Å². The maximum absolute atomic E-state index is 13.9. The van der Waals surface area contributed by atoms with Gasteiger partial charge in [-0.1, -0.05) is 11.6 Å². The number of hydrogen-bond acceptors (Lipinski definition) is 4. The van der Waals surface area contributed by atoms with Crippen molar-refractivity contribution in [1.82, 2.24) is 10.2 Å². The highest BCUT2D eigenvalue weighted by molar-refractivity contribution is 7.92. The Morgan fingerprint density at radius 1 is 1.40 bits per heavy atom. The molecule has 20 heavy (non-hydrogen) atoms. The molecule has 108 valence electrons. The van der Waals surface area contributed by atoms with Gasteiger partial charge in [-0.3, -0.25) is 9.82 Å².